The standard InChI is InChI=1S/C20H22N2O3/c1-2-25-15-9-7-14(8-10-15)13-19(23)21-12-11-17-16-5-3-4-6-18(16)22-20(17)24/h3-10,17H,2,11-13H2,1H3,(H,21,23)(H,22,24). The maximum absolute atomic E-state index is 12.1. The smallest absolute Gasteiger partial charge is 0.232 e. The Morgan fingerprint density at radius 1 is 1.16 bits per heavy atom. The molecule has 25 heavy (non-hydrogen) atoms. The van der Waals surface area contributed by atoms with Crippen molar-refractivity contribution in [2.75, 3.05) is 18.5 Å². The van der Waals surface area contributed by atoms with E-state index in [0.717, 1.165) is 22.6 Å². The summed E-state index contributed by atoms with van der Waals surface area (Å²) in [6.45, 7) is 3.03. The van der Waals surface area contributed by atoms with Crippen molar-refractivity contribution < 1.29 is 14.3 Å². The first-order valence-corrected chi connectivity index (χ1v) is 8.55. The van der Waals surface area contributed by atoms with Crippen LogP contribution in [-0.2, 0) is 16.0 Å². The lowest BCUT2D eigenvalue weighted by Gasteiger charge is -2.10. The molecular weight excluding hydrogens is 316 g/mol. The van der Waals surface area contributed by atoms with E-state index in [1.807, 2.05) is 55.5 Å². The summed E-state index contributed by atoms with van der Waals surface area (Å²) in [5, 5.41) is 5.78. The summed E-state index contributed by atoms with van der Waals surface area (Å²) in [7, 11) is 0. The average Bonchev–Trinajstić information content (AvgIpc) is 2.93. The Bertz CT molecular complexity index is 756. The van der Waals surface area contributed by atoms with Gasteiger partial charge in [0.05, 0.1) is 18.9 Å². The molecule has 0 aromatic heterocycles. The highest BCUT2D eigenvalue weighted by Crippen LogP contribution is 2.33. The third-order valence-electron chi connectivity index (χ3n) is 4.26. The molecule has 0 saturated heterocycles. The maximum atomic E-state index is 12.1. The van der Waals surface area contributed by atoms with Crippen molar-refractivity contribution in [2.45, 2.75) is 25.7 Å². The first kappa shape index (κ1) is 17.0. The van der Waals surface area contributed by atoms with Crippen LogP contribution >= 0.6 is 0 Å². The Labute approximate surface area is 147 Å². The molecule has 1 unspecified atom stereocenters. The minimum Gasteiger partial charge on any atom is -0.494 e. The van der Waals surface area contributed by atoms with Gasteiger partial charge in [0.1, 0.15) is 5.75 Å². The Balaban J connectivity index is 1.47. The quantitative estimate of drug-likeness (QED) is 0.816. The largest absolute Gasteiger partial charge is 0.494 e. The Hall–Kier alpha value is -2.82. The van der Waals surface area contributed by atoms with Crippen LogP contribution in [0.4, 0.5) is 5.69 Å². The van der Waals surface area contributed by atoms with Gasteiger partial charge in [0.25, 0.3) is 0 Å². The molecule has 0 saturated carbocycles. The monoisotopic (exact) mass is 338 g/mol. The van der Waals surface area contributed by atoms with Crippen molar-refractivity contribution >= 4 is 17.5 Å². The molecule has 130 valence electrons. The number of para-hydroxylation sites is 1. The van der Waals surface area contributed by atoms with Gasteiger partial charge in [0.2, 0.25) is 11.8 Å². The third-order valence-corrected chi connectivity index (χ3v) is 4.26. The normalized spacial score (nSPS) is 15.4. The number of amides is 2. The van der Waals surface area contributed by atoms with Gasteiger partial charge < -0.3 is 15.4 Å². The molecular formula is C20H22N2O3. The fraction of sp³-hybridized carbons (Fsp3) is 0.300. The number of anilines is 1. The van der Waals surface area contributed by atoms with Crippen LogP contribution in [0.3, 0.4) is 0 Å². The van der Waals surface area contributed by atoms with Gasteiger partial charge in [-0.15, -0.1) is 0 Å². The summed E-state index contributed by atoms with van der Waals surface area (Å²) in [4.78, 5) is 24.1. The molecule has 3 rings (SSSR count). The summed E-state index contributed by atoms with van der Waals surface area (Å²) in [5.41, 5.74) is 2.82. The van der Waals surface area contributed by atoms with Crippen LogP contribution in [0, 0.1) is 0 Å². The van der Waals surface area contributed by atoms with Crippen molar-refractivity contribution in [1.29, 1.82) is 0 Å². The number of carbonyl (C=O) groups excluding carboxylic acids is 2. The lowest BCUT2D eigenvalue weighted by atomic mass is 9.97. The van der Waals surface area contributed by atoms with Crippen LogP contribution in [0.1, 0.15) is 30.4 Å². The highest BCUT2D eigenvalue weighted by atomic mass is 16.5. The molecule has 1 aliphatic heterocycles. The molecule has 0 bridgehead atoms. The van der Waals surface area contributed by atoms with Crippen molar-refractivity contribution in [3.63, 3.8) is 0 Å². The zero-order valence-electron chi connectivity index (χ0n) is 14.2. The summed E-state index contributed by atoms with van der Waals surface area (Å²) in [6, 6.07) is 15.2. The number of hydrogen-bond donors (Lipinski definition) is 2. The summed E-state index contributed by atoms with van der Waals surface area (Å²) in [5.74, 6) is 0.567. The second-order valence-corrected chi connectivity index (χ2v) is 6.02. The van der Waals surface area contributed by atoms with Gasteiger partial charge in [-0.3, -0.25) is 9.59 Å². The number of benzene rings is 2. The highest BCUT2D eigenvalue weighted by molar-refractivity contribution is 6.02. The number of carbonyl (C=O) groups is 2. The summed E-state index contributed by atoms with van der Waals surface area (Å²) < 4.78 is 5.39. The van der Waals surface area contributed by atoms with Crippen molar-refractivity contribution in [1.82, 2.24) is 5.32 Å². The molecule has 0 aliphatic carbocycles. The van der Waals surface area contributed by atoms with Crippen LogP contribution in [0.25, 0.3) is 0 Å². The minimum absolute atomic E-state index is 0.00182. The van der Waals surface area contributed by atoms with Gasteiger partial charge in [-0.1, -0.05) is 30.3 Å². The molecule has 1 heterocycles. The van der Waals surface area contributed by atoms with E-state index in [-0.39, 0.29) is 17.7 Å². The first-order valence-electron chi connectivity index (χ1n) is 8.55. The molecule has 2 aromatic carbocycles. The Morgan fingerprint density at radius 3 is 2.68 bits per heavy atom. The van der Waals surface area contributed by atoms with Crippen LogP contribution in [-0.4, -0.2) is 25.0 Å². The van der Waals surface area contributed by atoms with E-state index < -0.39 is 0 Å². The van der Waals surface area contributed by atoms with Crippen LogP contribution in [0.2, 0.25) is 0 Å². The van der Waals surface area contributed by atoms with Gasteiger partial charge in [-0.05, 0) is 42.7 Å². The SMILES string of the molecule is CCOc1ccc(CC(=O)NCCC2C(=O)Nc3ccccc32)cc1. The number of nitrogens with one attached hydrogen (secondary N) is 2. The number of rotatable bonds is 7. The van der Waals surface area contributed by atoms with Crippen molar-refractivity contribution in [3.05, 3.63) is 59.7 Å². The Kier molecular flexibility index (Phi) is 5.33. The van der Waals surface area contributed by atoms with Crippen LogP contribution in [0.5, 0.6) is 5.75 Å². The molecule has 2 N–H and O–H groups in total. The van der Waals surface area contributed by atoms with E-state index in [0.29, 0.717) is 26.0 Å². The molecule has 2 amide bonds. The van der Waals surface area contributed by atoms with E-state index in [9.17, 15) is 9.59 Å². The Morgan fingerprint density at radius 2 is 1.92 bits per heavy atom. The van der Waals surface area contributed by atoms with Gasteiger partial charge in [0.15, 0.2) is 0 Å². The fourth-order valence-electron chi connectivity index (χ4n) is 3.04. The van der Waals surface area contributed by atoms with E-state index in [4.69, 9.17) is 4.74 Å². The van der Waals surface area contributed by atoms with E-state index in [2.05, 4.69) is 10.6 Å². The van der Waals surface area contributed by atoms with E-state index in [1.54, 1.807) is 0 Å². The van der Waals surface area contributed by atoms with Crippen molar-refractivity contribution in [2.24, 2.45) is 0 Å². The molecule has 5 heteroatoms. The van der Waals surface area contributed by atoms with Gasteiger partial charge in [0, 0.05) is 12.2 Å². The molecule has 5 nitrogen and oxygen atoms in total. The lowest BCUT2D eigenvalue weighted by Crippen LogP contribution is -2.28. The summed E-state index contributed by atoms with van der Waals surface area (Å²) >= 11 is 0. The predicted molar refractivity (Wildman–Crippen MR) is 96.8 cm³/mol. The maximum Gasteiger partial charge on any atom is 0.232 e. The molecule has 0 fully saturated rings. The van der Waals surface area contributed by atoms with Gasteiger partial charge in [-0.25, -0.2) is 0 Å². The zero-order chi connectivity index (χ0) is 17.6. The molecule has 2 aromatic rings. The number of ether oxygens (including phenoxy) is 1. The molecule has 1 atom stereocenters. The highest BCUT2D eigenvalue weighted by Gasteiger charge is 2.29. The average molecular weight is 338 g/mol. The first-order chi connectivity index (χ1) is 12.2. The summed E-state index contributed by atoms with van der Waals surface area (Å²) in [6.07, 6.45) is 0.914. The predicted octanol–water partition coefficient (Wildman–Crippen LogP) is 2.87. The van der Waals surface area contributed by atoms with Gasteiger partial charge in [-0.2, -0.15) is 0 Å². The number of fused-ring (bicyclic) bond motifs is 1. The third kappa shape index (κ3) is 4.18. The second kappa shape index (κ2) is 7.83. The van der Waals surface area contributed by atoms with E-state index >= 15 is 0 Å². The minimum atomic E-state index is -0.193. The van der Waals surface area contributed by atoms with Crippen molar-refractivity contribution in [3.8, 4) is 5.75 Å². The van der Waals surface area contributed by atoms with E-state index in [1.165, 1.54) is 0 Å². The number of hydrogen-bond acceptors (Lipinski definition) is 3. The van der Waals surface area contributed by atoms with Gasteiger partial charge >= 0.3 is 0 Å². The zero-order valence-corrected chi connectivity index (χ0v) is 14.2. The molecule has 0 radical (unpaired) electrons. The van der Waals surface area contributed by atoms with Crippen LogP contribution in [0.15, 0.2) is 48.5 Å². The fourth-order valence-corrected chi connectivity index (χ4v) is 3.04. The molecule has 0 spiro atoms. The van der Waals surface area contributed by atoms with Crippen LogP contribution < -0.4 is 15.4 Å². The second-order valence-electron chi connectivity index (χ2n) is 6.02. The topological polar surface area (TPSA) is 67.4 Å². The molecule has 1 aliphatic rings. The lowest BCUT2D eigenvalue weighted by molar-refractivity contribution is -0.121.